The fraction of sp³-hybridized carbons (Fsp3) is 0.435. The third-order valence-electron chi connectivity index (χ3n) is 9.82. The van der Waals surface area contributed by atoms with Gasteiger partial charge in [-0.3, -0.25) is 0 Å². The van der Waals surface area contributed by atoms with Crippen LogP contribution in [-0.4, -0.2) is 22.6 Å². The number of hydrogen-bond donors (Lipinski definition) is 4. The predicted octanol–water partition coefficient (Wildman–Crippen LogP) is 14.3. The summed E-state index contributed by atoms with van der Waals surface area (Å²) in [4.78, 5) is 18.6. The maximum atomic E-state index is 12.0. The molecule has 1 heterocycles. The lowest BCUT2D eigenvalue weighted by molar-refractivity contribution is 0.0697. The summed E-state index contributed by atoms with van der Waals surface area (Å²) in [6, 6.07) is 28.5. The van der Waals surface area contributed by atoms with Crippen LogP contribution in [0.5, 0.6) is 0 Å². The summed E-state index contributed by atoms with van der Waals surface area (Å²) in [5, 5.41) is 15.3. The Bertz CT molecular complexity index is 1800. The zero-order valence-corrected chi connectivity index (χ0v) is 33.3. The molecule has 5 rings (SSSR count). The molecule has 1 aromatic heterocycles. The molecule has 0 unspecified atom stereocenters. The van der Waals surface area contributed by atoms with E-state index in [0.717, 1.165) is 63.0 Å². The molecule has 52 heavy (non-hydrogen) atoms. The molecule has 4 aromatic carbocycles. The third-order valence-corrected chi connectivity index (χ3v) is 10.5. The van der Waals surface area contributed by atoms with E-state index in [1.165, 1.54) is 101 Å². The minimum atomic E-state index is -0.877. The van der Waals surface area contributed by atoms with Gasteiger partial charge in [0.25, 0.3) is 0 Å². The van der Waals surface area contributed by atoms with Gasteiger partial charge in [0.15, 0.2) is 0 Å². The third kappa shape index (κ3) is 13.5. The highest BCUT2D eigenvalue weighted by Crippen LogP contribution is 2.30. The van der Waals surface area contributed by atoms with Crippen molar-refractivity contribution in [2.75, 3.05) is 11.9 Å². The number of unbranched alkanes of at least 4 members (excludes halogenated alkanes) is 14. The molecule has 0 atom stereocenters. The highest BCUT2D eigenvalue weighted by atomic mass is 32.1. The second-order valence-corrected chi connectivity index (χ2v) is 15.1. The predicted molar refractivity (Wildman–Crippen MR) is 230 cm³/mol. The Labute approximate surface area is 324 Å². The van der Waals surface area contributed by atoms with E-state index >= 15 is 0 Å². The largest absolute Gasteiger partial charge is 0.478 e. The molecule has 0 saturated carbocycles. The number of rotatable bonds is 21. The molecule has 0 saturated heterocycles. The minimum Gasteiger partial charge on any atom is -0.478 e. The average Bonchev–Trinajstić information content (AvgIpc) is 3.15. The van der Waals surface area contributed by atoms with Gasteiger partial charge in [0.2, 0.25) is 0 Å². The van der Waals surface area contributed by atoms with Crippen molar-refractivity contribution in [2.45, 2.75) is 133 Å². The van der Waals surface area contributed by atoms with Crippen LogP contribution in [0.15, 0.2) is 94.7 Å². The van der Waals surface area contributed by atoms with Crippen molar-refractivity contribution < 1.29 is 9.90 Å². The van der Waals surface area contributed by atoms with Crippen LogP contribution in [0.1, 0.15) is 133 Å². The molecule has 2 N–H and O–H groups in total. The SMILES string of the molecule is CCCCCCCCCCNc1ccc(-c2cc(S)ccc2S)cc1.CCCCCCCCCCc1ccc2cc3ccccc3nc2c1C(=O)O. The Morgan fingerprint density at radius 3 is 1.92 bits per heavy atom. The first-order chi connectivity index (χ1) is 25.4. The number of carboxylic acids is 1. The normalized spacial score (nSPS) is 11.1. The average molecular weight is 737 g/mol. The van der Waals surface area contributed by atoms with Gasteiger partial charge in [-0.1, -0.05) is 146 Å². The van der Waals surface area contributed by atoms with Crippen LogP contribution in [-0.2, 0) is 6.42 Å². The highest BCUT2D eigenvalue weighted by molar-refractivity contribution is 7.80. The van der Waals surface area contributed by atoms with Crippen molar-refractivity contribution in [3.8, 4) is 11.1 Å². The number of fused-ring (bicyclic) bond motifs is 2. The van der Waals surface area contributed by atoms with Crippen molar-refractivity contribution in [2.24, 2.45) is 0 Å². The molecule has 4 nitrogen and oxygen atoms in total. The fourth-order valence-electron chi connectivity index (χ4n) is 6.80. The van der Waals surface area contributed by atoms with Crippen LogP contribution in [0, 0.1) is 0 Å². The van der Waals surface area contributed by atoms with Gasteiger partial charge >= 0.3 is 5.97 Å². The van der Waals surface area contributed by atoms with Gasteiger partial charge in [0.05, 0.1) is 16.6 Å². The van der Waals surface area contributed by atoms with E-state index in [9.17, 15) is 9.90 Å². The van der Waals surface area contributed by atoms with E-state index in [-0.39, 0.29) is 0 Å². The zero-order valence-electron chi connectivity index (χ0n) is 31.5. The smallest absolute Gasteiger partial charge is 0.338 e. The summed E-state index contributed by atoms with van der Waals surface area (Å²) in [5.41, 5.74) is 6.23. The number of carboxylic acid groups (broad SMARTS) is 1. The number of para-hydroxylation sites is 1. The van der Waals surface area contributed by atoms with Gasteiger partial charge in [0.1, 0.15) is 0 Å². The minimum absolute atomic E-state index is 0.376. The van der Waals surface area contributed by atoms with E-state index in [4.69, 9.17) is 0 Å². The summed E-state index contributed by atoms with van der Waals surface area (Å²) in [6.07, 6.45) is 21.7. The standard InChI is InChI=1S/C24H29NO2.C22H31NS2/c1-2-3-4-5-6-7-8-9-12-18-15-16-20-17-19-13-10-11-14-21(19)25-23(20)22(18)24(26)27;1-2-3-4-5-6-7-8-9-16-23-19-12-10-18(11-13-19)21-17-20(24)14-15-22(21)25/h10-11,13-17H,2-9,12H2,1H3,(H,26,27);10-15,17,23-25H,2-9,16H2,1H3. The quantitative estimate of drug-likeness (QED) is 0.0344. The van der Waals surface area contributed by atoms with Crippen LogP contribution < -0.4 is 5.32 Å². The van der Waals surface area contributed by atoms with E-state index in [1.54, 1.807) is 0 Å². The van der Waals surface area contributed by atoms with Crippen LogP contribution in [0.4, 0.5) is 5.69 Å². The summed E-state index contributed by atoms with van der Waals surface area (Å²) >= 11 is 8.97. The second-order valence-electron chi connectivity index (χ2n) is 14.1. The Kier molecular flexibility index (Phi) is 18.4. The van der Waals surface area contributed by atoms with Crippen LogP contribution >= 0.6 is 25.3 Å². The van der Waals surface area contributed by atoms with Crippen molar-refractivity contribution in [3.63, 3.8) is 0 Å². The first kappa shape index (κ1) is 41.3. The summed E-state index contributed by atoms with van der Waals surface area (Å²) in [6.45, 7) is 5.56. The Morgan fingerprint density at radius 1 is 0.654 bits per heavy atom. The highest BCUT2D eigenvalue weighted by Gasteiger charge is 2.16. The maximum Gasteiger partial charge on any atom is 0.338 e. The number of thiol groups is 2. The molecule has 0 spiro atoms. The number of aromatic nitrogens is 1. The molecule has 5 aromatic rings. The molecule has 0 bridgehead atoms. The summed E-state index contributed by atoms with van der Waals surface area (Å²) in [5.74, 6) is -0.877. The van der Waals surface area contributed by atoms with Crippen LogP contribution in [0.25, 0.3) is 32.9 Å². The molecule has 0 aliphatic rings. The molecular weight excluding hydrogens is 677 g/mol. The number of pyridine rings is 1. The van der Waals surface area contributed by atoms with E-state index in [2.05, 4.69) is 79.7 Å². The summed E-state index contributed by atoms with van der Waals surface area (Å²) in [7, 11) is 0. The van der Waals surface area contributed by atoms with Crippen molar-refractivity contribution in [1.82, 2.24) is 4.98 Å². The first-order valence-corrected chi connectivity index (χ1v) is 20.7. The number of anilines is 1. The van der Waals surface area contributed by atoms with Crippen molar-refractivity contribution in [1.29, 1.82) is 0 Å². The number of aromatic carboxylic acids is 1. The molecule has 6 heteroatoms. The van der Waals surface area contributed by atoms with Crippen molar-refractivity contribution >= 4 is 58.7 Å². The van der Waals surface area contributed by atoms with Gasteiger partial charge in [0, 0.05) is 32.8 Å². The van der Waals surface area contributed by atoms with Gasteiger partial charge in [-0.25, -0.2) is 9.78 Å². The number of aryl methyl sites for hydroxylation is 1. The number of hydrogen-bond acceptors (Lipinski definition) is 5. The first-order valence-electron chi connectivity index (χ1n) is 19.8. The molecule has 0 radical (unpaired) electrons. The maximum absolute atomic E-state index is 12.0. The molecule has 0 aliphatic heterocycles. The molecule has 0 amide bonds. The second kappa shape index (κ2) is 23.2. The molecule has 0 fully saturated rings. The zero-order chi connectivity index (χ0) is 37.0. The van der Waals surface area contributed by atoms with Gasteiger partial charge in [-0.15, -0.1) is 25.3 Å². The lowest BCUT2D eigenvalue weighted by Crippen LogP contribution is -2.05. The van der Waals surface area contributed by atoms with E-state index < -0.39 is 5.97 Å². The van der Waals surface area contributed by atoms with Crippen LogP contribution in [0.2, 0.25) is 0 Å². The number of nitrogens with zero attached hydrogens (tertiary/aromatic N) is 1. The Balaban J connectivity index is 0.000000234. The van der Waals surface area contributed by atoms with Crippen molar-refractivity contribution in [3.05, 3.63) is 96.1 Å². The van der Waals surface area contributed by atoms with E-state index in [0.29, 0.717) is 11.1 Å². The summed E-state index contributed by atoms with van der Waals surface area (Å²) < 4.78 is 0. The molecular formula is C46H60N2O2S2. The van der Waals surface area contributed by atoms with E-state index in [1.807, 2.05) is 54.6 Å². The number of carbonyl (C=O) groups is 1. The number of nitrogens with one attached hydrogen (secondary N) is 1. The monoisotopic (exact) mass is 736 g/mol. The topological polar surface area (TPSA) is 62.2 Å². The lowest BCUT2D eigenvalue weighted by atomic mass is 9.97. The lowest BCUT2D eigenvalue weighted by Gasteiger charge is -2.10. The Morgan fingerprint density at radius 2 is 1.27 bits per heavy atom. The van der Waals surface area contributed by atoms with Crippen LogP contribution in [0.3, 0.4) is 0 Å². The fourth-order valence-corrected chi connectivity index (χ4v) is 7.27. The number of benzene rings is 4. The molecule has 278 valence electrons. The molecule has 0 aliphatic carbocycles. The van der Waals surface area contributed by atoms with Gasteiger partial charge < -0.3 is 10.4 Å². The Hall–Kier alpha value is -3.48. The van der Waals surface area contributed by atoms with Gasteiger partial charge in [-0.2, -0.15) is 0 Å². The van der Waals surface area contributed by atoms with Gasteiger partial charge in [-0.05, 0) is 78.4 Å².